The fourth-order valence-corrected chi connectivity index (χ4v) is 10.2. The van der Waals surface area contributed by atoms with Gasteiger partial charge in [0, 0.05) is 18.7 Å². The number of benzene rings is 2. The van der Waals surface area contributed by atoms with Crippen molar-refractivity contribution in [3.05, 3.63) is 89.2 Å². The predicted octanol–water partition coefficient (Wildman–Crippen LogP) is 5.04. The summed E-state index contributed by atoms with van der Waals surface area (Å²) in [5.41, 5.74) is 1.95. The van der Waals surface area contributed by atoms with Crippen LogP contribution >= 0.6 is 11.6 Å². The zero-order valence-corrected chi connectivity index (χ0v) is 21.0. The summed E-state index contributed by atoms with van der Waals surface area (Å²) in [6.45, 7) is 7.21. The van der Waals surface area contributed by atoms with Gasteiger partial charge in [-0.3, -0.25) is 4.79 Å². The third kappa shape index (κ3) is 4.50. The summed E-state index contributed by atoms with van der Waals surface area (Å²) in [4.78, 5) is 15.9. The van der Waals surface area contributed by atoms with Gasteiger partial charge in [0.25, 0.3) is 8.32 Å². The van der Waals surface area contributed by atoms with Crippen LogP contribution in [0.15, 0.2) is 72.9 Å². The van der Waals surface area contributed by atoms with Crippen molar-refractivity contribution >= 4 is 36.3 Å². The van der Waals surface area contributed by atoms with Crippen LogP contribution in [0, 0.1) is 5.92 Å². The minimum Gasteiger partial charge on any atom is -0.481 e. The number of carboxylic acids is 1. The molecule has 4 rings (SSSR count). The smallest absolute Gasteiger partial charge is 0.303 e. The molecule has 33 heavy (non-hydrogen) atoms. The molecule has 1 aliphatic rings. The van der Waals surface area contributed by atoms with Crippen molar-refractivity contribution < 1.29 is 14.3 Å². The Kier molecular flexibility index (Phi) is 6.75. The van der Waals surface area contributed by atoms with Crippen molar-refractivity contribution in [2.45, 2.75) is 44.6 Å². The van der Waals surface area contributed by atoms with Crippen LogP contribution in [0.25, 0.3) is 0 Å². The van der Waals surface area contributed by atoms with Gasteiger partial charge in [-0.05, 0) is 44.9 Å². The van der Waals surface area contributed by atoms with E-state index in [2.05, 4.69) is 74.3 Å². The van der Waals surface area contributed by atoms with Crippen LogP contribution in [-0.4, -0.2) is 31.0 Å². The number of nitrogens with zero attached hydrogens (tertiary/aromatic N) is 1. The van der Waals surface area contributed by atoms with Crippen LogP contribution in [0.1, 0.15) is 44.2 Å². The molecule has 6 heteroatoms. The van der Waals surface area contributed by atoms with E-state index in [0.29, 0.717) is 18.2 Å². The van der Waals surface area contributed by atoms with Gasteiger partial charge < -0.3 is 9.53 Å². The molecule has 172 valence electrons. The second-order valence-electron chi connectivity index (χ2n) is 9.81. The van der Waals surface area contributed by atoms with Gasteiger partial charge >= 0.3 is 5.97 Å². The molecule has 1 aromatic heterocycles. The fourth-order valence-electron chi connectivity index (χ4n) is 5.32. The molecule has 0 saturated carbocycles. The number of carbonyl (C=O) groups is 1. The third-order valence-corrected chi connectivity index (χ3v) is 12.1. The van der Waals surface area contributed by atoms with Gasteiger partial charge in [-0.15, -0.1) is 0 Å². The molecule has 0 aliphatic heterocycles. The Morgan fingerprint density at radius 3 is 2.15 bits per heavy atom. The maximum Gasteiger partial charge on any atom is 0.303 e. The predicted molar refractivity (Wildman–Crippen MR) is 135 cm³/mol. The van der Waals surface area contributed by atoms with Crippen LogP contribution in [0.3, 0.4) is 0 Å². The van der Waals surface area contributed by atoms with E-state index in [9.17, 15) is 9.90 Å². The van der Waals surface area contributed by atoms with Crippen LogP contribution in [0.2, 0.25) is 10.2 Å². The summed E-state index contributed by atoms with van der Waals surface area (Å²) in [6, 6.07) is 22.9. The quantitative estimate of drug-likeness (QED) is 0.381. The first-order valence-corrected chi connectivity index (χ1v) is 13.6. The zero-order chi connectivity index (χ0) is 23.6. The minimum atomic E-state index is -2.70. The second kappa shape index (κ2) is 9.41. The summed E-state index contributed by atoms with van der Waals surface area (Å²) in [5.74, 6) is -0.924. The molecule has 4 nitrogen and oxygen atoms in total. The number of aromatic nitrogens is 1. The summed E-state index contributed by atoms with van der Waals surface area (Å²) in [6.07, 6.45) is 2.40. The molecule has 0 saturated heterocycles. The standard InChI is InChI=1S/C27H30ClNO3Si/c1-27(2,3)33(20-10-6-4-7-11-20,21-12-8-5-9-13-21)32-18-19-16-24-22(14-15-29-26(24)28)23(19)17-25(30)31/h4-15,19,23H,16-18H2,1-3H3,(H,30,31). The molecular weight excluding hydrogens is 450 g/mol. The first kappa shape index (κ1) is 23.7. The highest BCUT2D eigenvalue weighted by Crippen LogP contribution is 2.44. The molecule has 2 aromatic carbocycles. The molecule has 1 aliphatic carbocycles. The first-order valence-electron chi connectivity index (χ1n) is 11.3. The molecule has 0 spiro atoms. The van der Waals surface area contributed by atoms with Crippen molar-refractivity contribution in [3.63, 3.8) is 0 Å². The lowest BCUT2D eigenvalue weighted by Crippen LogP contribution is -2.67. The Bertz CT molecular complexity index is 1080. The molecular formula is C27H30ClNO3Si. The maximum absolute atomic E-state index is 11.7. The SMILES string of the molecule is CC(C)(C)[Si](OCC1Cc2c(ccnc2Cl)C1CC(=O)O)(c1ccccc1)c1ccccc1. The number of carboxylic acid groups (broad SMARTS) is 1. The van der Waals surface area contributed by atoms with Crippen molar-refractivity contribution in [1.29, 1.82) is 0 Å². The number of pyridine rings is 1. The van der Waals surface area contributed by atoms with E-state index in [0.717, 1.165) is 11.1 Å². The lowest BCUT2D eigenvalue weighted by Gasteiger charge is -2.44. The molecule has 0 radical (unpaired) electrons. The first-order chi connectivity index (χ1) is 15.7. The third-order valence-electron chi connectivity index (χ3n) is 6.80. The molecule has 0 bridgehead atoms. The Balaban J connectivity index is 1.75. The van der Waals surface area contributed by atoms with Crippen molar-refractivity contribution in [1.82, 2.24) is 4.98 Å². The number of rotatable bonds is 7. The Morgan fingerprint density at radius 1 is 1.06 bits per heavy atom. The number of fused-ring (bicyclic) bond motifs is 1. The minimum absolute atomic E-state index is 0.0273. The average Bonchev–Trinajstić information content (AvgIpc) is 3.13. The normalized spacial score (nSPS) is 18.2. The molecule has 2 unspecified atom stereocenters. The topological polar surface area (TPSA) is 59.4 Å². The Labute approximate surface area is 201 Å². The lowest BCUT2D eigenvalue weighted by molar-refractivity contribution is -0.137. The van der Waals surface area contributed by atoms with Crippen LogP contribution in [0.5, 0.6) is 0 Å². The van der Waals surface area contributed by atoms with Crippen LogP contribution in [0.4, 0.5) is 0 Å². The summed E-state index contributed by atoms with van der Waals surface area (Å²) in [5, 5.41) is 12.4. The highest BCUT2D eigenvalue weighted by atomic mass is 35.5. The second-order valence-corrected chi connectivity index (χ2v) is 14.5. The van der Waals surface area contributed by atoms with Gasteiger partial charge in [0.1, 0.15) is 5.15 Å². The number of halogens is 1. The van der Waals surface area contributed by atoms with Gasteiger partial charge in [-0.2, -0.15) is 0 Å². The summed E-state index contributed by atoms with van der Waals surface area (Å²) >= 11 is 6.40. The summed E-state index contributed by atoms with van der Waals surface area (Å²) in [7, 11) is -2.70. The van der Waals surface area contributed by atoms with E-state index in [-0.39, 0.29) is 23.3 Å². The fraction of sp³-hybridized carbons (Fsp3) is 0.333. The molecule has 0 fully saturated rings. The zero-order valence-electron chi connectivity index (χ0n) is 19.3. The van der Waals surface area contributed by atoms with E-state index in [1.165, 1.54) is 10.4 Å². The molecule has 3 aromatic rings. The van der Waals surface area contributed by atoms with E-state index in [1.807, 2.05) is 18.2 Å². The highest BCUT2D eigenvalue weighted by molar-refractivity contribution is 6.99. The van der Waals surface area contributed by atoms with Gasteiger partial charge in [-0.1, -0.05) is 93.0 Å². The molecule has 2 atom stereocenters. The van der Waals surface area contributed by atoms with Crippen molar-refractivity contribution in [2.24, 2.45) is 5.92 Å². The van der Waals surface area contributed by atoms with E-state index < -0.39 is 14.3 Å². The van der Waals surface area contributed by atoms with Crippen LogP contribution < -0.4 is 10.4 Å². The van der Waals surface area contributed by atoms with Crippen molar-refractivity contribution in [2.75, 3.05) is 6.61 Å². The number of hydrogen-bond acceptors (Lipinski definition) is 3. The monoisotopic (exact) mass is 479 g/mol. The van der Waals surface area contributed by atoms with Gasteiger partial charge in [0.15, 0.2) is 0 Å². The van der Waals surface area contributed by atoms with Gasteiger partial charge in [-0.25, -0.2) is 4.98 Å². The highest BCUT2D eigenvalue weighted by Gasteiger charge is 2.51. The van der Waals surface area contributed by atoms with E-state index in [1.54, 1.807) is 6.20 Å². The average molecular weight is 480 g/mol. The molecule has 0 amide bonds. The Morgan fingerprint density at radius 2 is 1.64 bits per heavy atom. The van der Waals surface area contributed by atoms with E-state index in [4.69, 9.17) is 16.0 Å². The lowest BCUT2D eigenvalue weighted by atomic mass is 9.90. The largest absolute Gasteiger partial charge is 0.481 e. The van der Waals surface area contributed by atoms with Crippen LogP contribution in [-0.2, 0) is 15.6 Å². The molecule has 1 heterocycles. The van der Waals surface area contributed by atoms with E-state index >= 15 is 0 Å². The Hall–Kier alpha value is -2.47. The number of hydrogen-bond donors (Lipinski definition) is 1. The number of aliphatic carboxylic acids is 1. The van der Waals surface area contributed by atoms with Gasteiger partial charge in [0.05, 0.1) is 6.42 Å². The van der Waals surface area contributed by atoms with Gasteiger partial charge in [0.2, 0.25) is 0 Å². The maximum atomic E-state index is 11.7. The molecule has 1 N–H and O–H groups in total. The summed E-state index contributed by atoms with van der Waals surface area (Å²) < 4.78 is 7.12. The van der Waals surface area contributed by atoms with Crippen molar-refractivity contribution in [3.8, 4) is 0 Å².